The number of ether oxygens (including phenoxy) is 2. The lowest BCUT2D eigenvalue weighted by Crippen LogP contribution is -2.25. The predicted octanol–water partition coefficient (Wildman–Crippen LogP) is 3.34. The van der Waals surface area contributed by atoms with Crippen molar-refractivity contribution in [1.82, 2.24) is 0 Å². The summed E-state index contributed by atoms with van der Waals surface area (Å²) < 4.78 is 11.1. The van der Waals surface area contributed by atoms with Crippen molar-refractivity contribution in [3.05, 3.63) is 48.0 Å². The molecule has 5 nitrogen and oxygen atoms in total. The van der Waals surface area contributed by atoms with Crippen molar-refractivity contribution in [2.45, 2.75) is 45.3 Å². The quantitative estimate of drug-likeness (QED) is 0.430. The normalized spacial score (nSPS) is 26.9. The van der Waals surface area contributed by atoms with Crippen LogP contribution in [0.25, 0.3) is 0 Å². The second kappa shape index (κ2) is 8.88. The molecule has 1 unspecified atom stereocenters. The molecule has 1 aromatic carbocycles. The maximum absolute atomic E-state index is 12.5. The Kier molecular flexibility index (Phi) is 6.30. The van der Waals surface area contributed by atoms with E-state index in [2.05, 4.69) is 11.8 Å². The first-order valence-electron chi connectivity index (χ1n) is 9.56. The first-order valence-corrected chi connectivity index (χ1v) is 9.56. The first kappa shape index (κ1) is 19.9. The summed E-state index contributed by atoms with van der Waals surface area (Å²) >= 11 is 0. The van der Waals surface area contributed by atoms with Gasteiger partial charge in [-0.2, -0.15) is 0 Å². The van der Waals surface area contributed by atoms with Crippen LogP contribution in [0.4, 0.5) is 0 Å². The van der Waals surface area contributed by atoms with Crippen LogP contribution >= 0.6 is 0 Å². The Morgan fingerprint density at radius 1 is 1.32 bits per heavy atom. The summed E-state index contributed by atoms with van der Waals surface area (Å²) in [6.07, 6.45) is 3.87. The van der Waals surface area contributed by atoms with Gasteiger partial charge in [-0.05, 0) is 25.1 Å². The van der Waals surface area contributed by atoms with Gasteiger partial charge in [-0.25, -0.2) is 4.79 Å². The third-order valence-electron chi connectivity index (χ3n) is 5.37. The van der Waals surface area contributed by atoms with E-state index in [1.54, 1.807) is 43.3 Å². The number of carbonyl (C=O) groups excluding carboxylic acids is 3. The molecule has 1 saturated carbocycles. The van der Waals surface area contributed by atoms with Gasteiger partial charge < -0.3 is 9.47 Å². The lowest BCUT2D eigenvalue weighted by molar-refractivity contribution is -0.141. The molecule has 1 heterocycles. The second-order valence-corrected chi connectivity index (χ2v) is 7.31. The molecule has 1 saturated heterocycles. The van der Waals surface area contributed by atoms with Gasteiger partial charge >= 0.3 is 11.9 Å². The van der Waals surface area contributed by atoms with E-state index in [1.165, 1.54) is 0 Å². The molecule has 0 radical (unpaired) electrons. The summed E-state index contributed by atoms with van der Waals surface area (Å²) in [6, 6.07) is 8.78. The molecule has 2 fully saturated rings. The van der Waals surface area contributed by atoms with E-state index < -0.39 is 12.1 Å². The Balaban J connectivity index is 1.72. The molecule has 1 aliphatic heterocycles. The van der Waals surface area contributed by atoms with E-state index in [4.69, 9.17) is 9.47 Å². The van der Waals surface area contributed by atoms with Crippen LogP contribution in [-0.4, -0.2) is 29.9 Å². The Labute approximate surface area is 165 Å². The fourth-order valence-electron chi connectivity index (χ4n) is 3.80. The van der Waals surface area contributed by atoms with E-state index >= 15 is 0 Å². The number of carbonyl (C=O) groups is 3. The van der Waals surface area contributed by atoms with Crippen molar-refractivity contribution in [1.29, 1.82) is 0 Å². The highest BCUT2D eigenvalue weighted by atomic mass is 16.6. The van der Waals surface area contributed by atoms with Crippen LogP contribution in [0, 0.1) is 29.6 Å². The minimum absolute atomic E-state index is 0.0235. The van der Waals surface area contributed by atoms with Gasteiger partial charge in [0.2, 0.25) is 0 Å². The van der Waals surface area contributed by atoms with E-state index in [0.29, 0.717) is 18.4 Å². The van der Waals surface area contributed by atoms with Crippen LogP contribution < -0.4 is 0 Å². The zero-order valence-electron chi connectivity index (χ0n) is 16.1. The standard InChI is InChI=1S/C23H24O5/c1-3-4-8-15(2)19(24)12-11-17-18-13-22(25)27-21(18)14-20(17)28-23(26)16-9-6-5-7-10-16/h5-7,9-12,15,17-18,20-21H,8,13-14H2,1-2H3/b12-11+/t15?,17-,18-,20-,21+/m1/s1. The largest absolute Gasteiger partial charge is 0.462 e. The smallest absolute Gasteiger partial charge is 0.338 e. The molecule has 28 heavy (non-hydrogen) atoms. The van der Waals surface area contributed by atoms with E-state index in [0.717, 1.165) is 0 Å². The average Bonchev–Trinajstić information content (AvgIpc) is 3.20. The highest BCUT2D eigenvalue weighted by Crippen LogP contribution is 2.43. The molecule has 146 valence electrons. The maximum atomic E-state index is 12.5. The molecule has 0 aromatic heterocycles. The third kappa shape index (κ3) is 4.51. The molecule has 3 rings (SSSR count). The summed E-state index contributed by atoms with van der Waals surface area (Å²) in [5.41, 5.74) is 0.474. The summed E-state index contributed by atoms with van der Waals surface area (Å²) in [6.45, 7) is 3.58. The van der Waals surface area contributed by atoms with Crippen LogP contribution in [0.15, 0.2) is 42.5 Å². The first-order chi connectivity index (χ1) is 13.5. The van der Waals surface area contributed by atoms with E-state index in [-0.39, 0.29) is 42.0 Å². The highest BCUT2D eigenvalue weighted by molar-refractivity contribution is 5.92. The number of esters is 2. The maximum Gasteiger partial charge on any atom is 0.338 e. The third-order valence-corrected chi connectivity index (χ3v) is 5.37. The van der Waals surface area contributed by atoms with Crippen LogP contribution in [0.1, 0.15) is 43.5 Å². The topological polar surface area (TPSA) is 69.7 Å². The number of hydrogen-bond acceptors (Lipinski definition) is 5. The molecule has 1 aliphatic carbocycles. The number of rotatable bonds is 6. The zero-order valence-corrected chi connectivity index (χ0v) is 16.1. The van der Waals surface area contributed by atoms with Gasteiger partial charge in [0.15, 0.2) is 5.78 Å². The Morgan fingerprint density at radius 3 is 2.79 bits per heavy atom. The summed E-state index contributed by atoms with van der Waals surface area (Å²) in [7, 11) is 0. The van der Waals surface area contributed by atoms with Gasteiger partial charge in [0.05, 0.1) is 12.0 Å². The monoisotopic (exact) mass is 380 g/mol. The molecular formula is C23H24O5. The van der Waals surface area contributed by atoms with Crippen molar-refractivity contribution in [3.8, 4) is 11.8 Å². The highest BCUT2D eigenvalue weighted by Gasteiger charge is 2.50. The molecule has 5 atom stereocenters. The fraction of sp³-hybridized carbons (Fsp3) is 0.435. The van der Waals surface area contributed by atoms with Crippen molar-refractivity contribution in [2.24, 2.45) is 17.8 Å². The lowest BCUT2D eigenvalue weighted by atomic mass is 9.90. The Bertz CT molecular complexity index is 830. The number of fused-ring (bicyclic) bond motifs is 1. The van der Waals surface area contributed by atoms with Gasteiger partial charge in [0.25, 0.3) is 0 Å². The lowest BCUT2D eigenvalue weighted by Gasteiger charge is -2.20. The summed E-state index contributed by atoms with van der Waals surface area (Å²) in [4.78, 5) is 36.5. The minimum Gasteiger partial charge on any atom is -0.462 e. The van der Waals surface area contributed by atoms with Crippen LogP contribution in [0.3, 0.4) is 0 Å². The SMILES string of the molecule is CC#CCC(C)C(=O)/C=C/[C@@H]1[C@H]2CC(=O)O[C@H]2C[C@H]1OC(=O)c1ccccc1. The fourth-order valence-corrected chi connectivity index (χ4v) is 3.80. The molecule has 2 aliphatic rings. The van der Waals surface area contributed by atoms with Crippen LogP contribution in [0.5, 0.6) is 0 Å². The summed E-state index contributed by atoms with van der Waals surface area (Å²) in [5, 5.41) is 0. The van der Waals surface area contributed by atoms with Crippen molar-refractivity contribution >= 4 is 17.7 Å². The van der Waals surface area contributed by atoms with E-state index in [1.807, 2.05) is 13.0 Å². The van der Waals surface area contributed by atoms with E-state index in [9.17, 15) is 14.4 Å². The minimum atomic E-state index is -0.425. The zero-order chi connectivity index (χ0) is 20.1. The van der Waals surface area contributed by atoms with Gasteiger partial charge in [0.1, 0.15) is 12.2 Å². The number of hydrogen-bond donors (Lipinski definition) is 0. The van der Waals surface area contributed by atoms with Gasteiger partial charge in [-0.1, -0.05) is 31.2 Å². The molecule has 0 N–H and O–H groups in total. The van der Waals surface area contributed by atoms with Crippen LogP contribution in [-0.2, 0) is 19.1 Å². The number of ketones is 1. The van der Waals surface area contributed by atoms with Gasteiger partial charge in [-0.3, -0.25) is 9.59 Å². The molecule has 0 spiro atoms. The predicted molar refractivity (Wildman–Crippen MR) is 103 cm³/mol. The van der Waals surface area contributed by atoms with Crippen LogP contribution in [0.2, 0.25) is 0 Å². The second-order valence-electron chi connectivity index (χ2n) is 7.31. The van der Waals surface area contributed by atoms with Gasteiger partial charge in [-0.15, -0.1) is 11.8 Å². The van der Waals surface area contributed by atoms with Crippen molar-refractivity contribution in [2.75, 3.05) is 0 Å². The molecule has 0 amide bonds. The molecule has 5 heteroatoms. The van der Waals surface area contributed by atoms with Crippen molar-refractivity contribution < 1.29 is 23.9 Å². The summed E-state index contributed by atoms with van der Waals surface area (Å²) in [5.74, 6) is 4.54. The average molecular weight is 380 g/mol. The van der Waals surface area contributed by atoms with Crippen molar-refractivity contribution in [3.63, 3.8) is 0 Å². The van der Waals surface area contributed by atoms with Gasteiger partial charge in [0, 0.05) is 30.6 Å². The Morgan fingerprint density at radius 2 is 2.07 bits per heavy atom. The molecular weight excluding hydrogens is 356 g/mol. The number of allylic oxidation sites excluding steroid dienone is 1. The molecule has 0 bridgehead atoms. The molecule has 1 aromatic rings. The Hall–Kier alpha value is -2.87. The number of benzene rings is 1.